The maximum atomic E-state index is 5.45. The predicted molar refractivity (Wildman–Crippen MR) is 80.7 cm³/mol. The molecule has 2 fully saturated rings. The maximum Gasteiger partial charge on any atom is 0.157 e. The predicted octanol–water partition coefficient (Wildman–Crippen LogP) is 2.99. The Kier molecular flexibility index (Phi) is 3.80. The molecular formula is C15H20N2OS. The third kappa shape index (κ3) is 2.95. The monoisotopic (exact) mass is 276 g/mol. The molecule has 2 aliphatic rings. The third-order valence-corrected chi connectivity index (χ3v) is 5.08. The van der Waals surface area contributed by atoms with E-state index < -0.39 is 0 Å². The van der Waals surface area contributed by atoms with Crippen LogP contribution in [0.2, 0.25) is 0 Å². The highest BCUT2D eigenvalue weighted by Gasteiger charge is 2.38. The first kappa shape index (κ1) is 13.0. The quantitative estimate of drug-likeness (QED) is 0.901. The van der Waals surface area contributed by atoms with Gasteiger partial charge in [0.1, 0.15) is 0 Å². The number of nitrogens with one attached hydrogen (secondary N) is 1. The van der Waals surface area contributed by atoms with E-state index in [1.54, 1.807) is 0 Å². The van der Waals surface area contributed by atoms with E-state index >= 15 is 0 Å². The van der Waals surface area contributed by atoms with E-state index in [0.29, 0.717) is 0 Å². The fraction of sp³-hybridized carbons (Fsp3) is 0.533. The summed E-state index contributed by atoms with van der Waals surface area (Å²) in [5.41, 5.74) is 1.50. The maximum absolute atomic E-state index is 5.45. The van der Waals surface area contributed by atoms with Gasteiger partial charge in [-0.25, -0.2) is 0 Å². The second kappa shape index (κ2) is 5.55. The van der Waals surface area contributed by atoms with Crippen LogP contribution in [-0.4, -0.2) is 29.7 Å². The number of aliphatic imine (C=N–C) groups is 1. The molecule has 0 amide bonds. The number of amidine groups is 1. The van der Waals surface area contributed by atoms with Crippen molar-refractivity contribution < 1.29 is 4.74 Å². The number of benzene rings is 1. The van der Waals surface area contributed by atoms with Gasteiger partial charge in [0.25, 0.3) is 0 Å². The second-order valence-electron chi connectivity index (χ2n) is 5.33. The first-order chi connectivity index (χ1) is 9.27. The van der Waals surface area contributed by atoms with Crippen LogP contribution in [0, 0.1) is 0 Å². The molecule has 4 heteroatoms. The van der Waals surface area contributed by atoms with Crippen LogP contribution in [0.3, 0.4) is 0 Å². The van der Waals surface area contributed by atoms with Crippen molar-refractivity contribution in [2.75, 3.05) is 19.0 Å². The minimum atomic E-state index is 0.214. The number of ether oxygens (including phenoxy) is 1. The molecule has 0 aliphatic carbocycles. The summed E-state index contributed by atoms with van der Waals surface area (Å²) in [6, 6.07) is 10.7. The van der Waals surface area contributed by atoms with Crippen LogP contribution in [-0.2, 0) is 4.74 Å². The first-order valence-corrected chi connectivity index (χ1v) is 7.87. The van der Waals surface area contributed by atoms with Crippen molar-refractivity contribution in [2.24, 2.45) is 4.99 Å². The fourth-order valence-electron chi connectivity index (χ4n) is 2.59. The van der Waals surface area contributed by atoms with Gasteiger partial charge in [-0.1, -0.05) is 42.1 Å². The van der Waals surface area contributed by atoms with Gasteiger partial charge in [-0.15, -0.1) is 0 Å². The van der Waals surface area contributed by atoms with Gasteiger partial charge in [0.05, 0.1) is 11.6 Å². The normalized spacial score (nSPS) is 25.4. The summed E-state index contributed by atoms with van der Waals surface area (Å²) in [5.74, 6) is 1.12. The number of thioether (sulfide) groups is 1. The first-order valence-electron chi connectivity index (χ1n) is 6.89. The van der Waals surface area contributed by atoms with Crippen molar-refractivity contribution in [1.29, 1.82) is 0 Å². The van der Waals surface area contributed by atoms with E-state index in [0.717, 1.165) is 37.0 Å². The van der Waals surface area contributed by atoms with Crippen molar-refractivity contribution in [2.45, 2.75) is 31.3 Å². The van der Waals surface area contributed by atoms with Gasteiger partial charge in [0, 0.05) is 19.0 Å². The molecule has 3 nitrogen and oxygen atoms in total. The van der Waals surface area contributed by atoms with Crippen LogP contribution >= 0.6 is 11.8 Å². The molecule has 2 saturated heterocycles. The molecule has 1 aromatic carbocycles. The SMILES string of the molecule is CC(N=C1NC2(CCOCC2)CS1)c1ccccc1. The summed E-state index contributed by atoms with van der Waals surface area (Å²) in [5, 5.41) is 4.74. The van der Waals surface area contributed by atoms with Crippen LogP contribution in [0.1, 0.15) is 31.4 Å². The van der Waals surface area contributed by atoms with Gasteiger partial charge in [-0.3, -0.25) is 4.99 Å². The number of hydrogen-bond acceptors (Lipinski definition) is 3. The third-order valence-electron chi connectivity index (χ3n) is 3.90. The Morgan fingerprint density at radius 3 is 2.74 bits per heavy atom. The molecule has 1 spiro atoms. The summed E-state index contributed by atoms with van der Waals surface area (Å²) in [4.78, 5) is 4.82. The Bertz CT molecular complexity index is 454. The van der Waals surface area contributed by atoms with E-state index in [4.69, 9.17) is 9.73 Å². The lowest BCUT2D eigenvalue weighted by Crippen LogP contribution is -2.48. The van der Waals surface area contributed by atoms with E-state index in [2.05, 4.69) is 36.5 Å². The average Bonchev–Trinajstić information content (AvgIpc) is 2.83. The topological polar surface area (TPSA) is 33.6 Å². The standard InChI is InChI=1S/C15H20N2OS/c1-12(13-5-3-2-4-6-13)16-14-17-15(11-19-14)7-9-18-10-8-15/h2-6,12H,7-11H2,1H3,(H,16,17). The minimum Gasteiger partial charge on any atom is -0.381 e. The van der Waals surface area contributed by atoms with Crippen LogP contribution in [0.4, 0.5) is 0 Å². The second-order valence-corrected chi connectivity index (χ2v) is 6.29. The lowest BCUT2D eigenvalue weighted by atomic mass is 9.93. The van der Waals surface area contributed by atoms with Crippen molar-refractivity contribution in [1.82, 2.24) is 5.32 Å². The van der Waals surface area contributed by atoms with E-state index in [1.165, 1.54) is 5.56 Å². The smallest absolute Gasteiger partial charge is 0.157 e. The molecule has 1 N–H and O–H groups in total. The molecular weight excluding hydrogens is 256 g/mol. The van der Waals surface area contributed by atoms with Crippen LogP contribution < -0.4 is 5.32 Å². The molecule has 2 heterocycles. The highest BCUT2D eigenvalue weighted by molar-refractivity contribution is 8.14. The van der Waals surface area contributed by atoms with Gasteiger partial charge < -0.3 is 10.1 Å². The molecule has 19 heavy (non-hydrogen) atoms. The zero-order valence-corrected chi connectivity index (χ0v) is 12.1. The fourth-order valence-corrected chi connectivity index (χ4v) is 3.88. The molecule has 0 saturated carbocycles. The van der Waals surface area contributed by atoms with Gasteiger partial charge in [-0.2, -0.15) is 0 Å². The molecule has 1 aromatic rings. The Hall–Kier alpha value is -1.00. The summed E-state index contributed by atoms with van der Waals surface area (Å²) >= 11 is 1.85. The van der Waals surface area contributed by atoms with Gasteiger partial charge in [0.2, 0.25) is 0 Å². The van der Waals surface area contributed by atoms with Crippen LogP contribution in [0.25, 0.3) is 0 Å². The number of hydrogen-bond donors (Lipinski definition) is 1. The molecule has 1 unspecified atom stereocenters. The minimum absolute atomic E-state index is 0.214. The summed E-state index contributed by atoms with van der Waals surface area (Å²) < 4.78 is 5.45. The molecule has 102 valence electrons. The average molecular weight is 276 g/mol. The lowest BCUT2D eigenvalue weighted by Gasteiger charge is -2.32. The molecule has 1 atom stereocenters. The number of rotatable bonds is 2. The zero-order chi connectivity index (χ0) is 13.1. The van der Waals surface area contributed by atoms with E-state index in [9.17, 15) is 0 Å². The van der Waals surface area contributed by atoms with Gasteiger partial charge >= 0.3 is 0 Å². The van der Waals surface area contributed by atoms with E-state index in [1.807, 2.05) is 17.8 Å². The van der Waals surface area contributed by atoms with E-state index in [-0.39, 0.29) is 11.6 Å². The summed E-state index contributed by atoms with van der Waals surface area (Å²) in [6.07, 6.45) is 2.19. The van der Waals surface area contributed by atoms with Crippen LogP contribution in [0.15, 0.2) is 35.3 Å². The highest BCUT2D eigenvalue weighted by atomic mass is 32.2. The highest BCUT2D eigenvalue weighted by Crippen LogP contribution is 2.32. The van der Waals surface area contributed by atoms with Gasteiger partial charge in [0.15, 0.2) is 5.17 Å². The molecule has 0 aromatic heterocycles. The van der Waals surface area contributed by atoms with Gasteiger partial charge in [-0.05, 0) is 25.3 Å². The Labute approximate surface area is 118 Å². The molecule has 0 radical (unpaired) electrons. The Balaban J connectivity index is 1.68. The van der Waals surface area contributed by atoms with Crippen LogP contribution in [0.5, 0.6) is 0 Å². The Morgan fingerprint density at radius 1 is 1.26 bits per heavy atom. The number of nitrogens with zero attached hydrogens (tertiary/aromatic N) is 1. The molecule has 0 bridgehead atoms. The van der Waals surface area contributed by atoms with Crippen molar-refractivity contribution in [3.8, 4) is 0 Å². The zero-order valence-electron chi connectivity index (χ0n) is 11.3. The summed E-state index contributed by atoms with van der Waals surface area (Å²) in [6.45, 7) is 3.89. The van der Waals surface area contributed by atoms with Crippen molar-refractivity contribution in [3.63, 3.8) is 0 Å². The van der Waals surface area contributed by atoms with Crippen molar-refractivity contribution in [3.05, 3.63) is 35.9 Å². The lowest BCUT2D eigenvalue weighted by molar-refractivity contribution is 0.0555. The van der Waals surface area contributed by atoms with Crippen molar-refractivity contribution >= 4 is 16.9 Å². The summed E-state index contributed by atoms with van der Waals surface area (Å²) in [7, 11) is 0. The molecule has 2 aliphatic heterocycles. The largest absolute Gasteiger partial charge is 0.381 e. The Morgan fingerprint density at radius 2 is 2.00 bits per heavy atom. The molecule has 3 rings (SSSR count).